The van der Waals surface area contributed by atoms with Gasteiger partial charge in [-0.1, -0.05) is 12.1 Å². The van der Waals surface area contributed by atoms with Crippen molar-refractivity contribution in [3.63, 3.8) is 0 Å². The number of amides is 2. The van der Waals surface area contributed by atoms with E-state index in [2.05, 4.69) is 20.5 Å². The number of urea groups is 1. The molecule has 2 amide bonds. The molecule has 2 fully saturated rings. The number of hydrogen-bond acceptors (Lipinski definition) is 5. The van der Waals surface area contributed by atoms with Crippen LogP contribution in [0.3, 0.4) is 0 Å². The van der Waals surface area contributed by atoms with Gasteiger partial charge in [-0.05, 0) is 38.5 Å². The van der Waals surface area contributed by atoms with Crippen molar-refractivity contribution in [2.24, 2.45) is 0 Å². The van der Waals surface area contributed by atoms with Crippen molar-refractivity contribution in [2.75, 3.05) is 43.4 Å². The molecule has 2 saturated heterocycles. The second kappa shape index (κ2) is 9.72. The molecule has 4 rings (SSSR count). The zero-order valence-electron chi connectivity index (χ0n) is 18.8. The first-order valence-corrected chi connectivity index (χ1v) is 12.4. The van der Waals surface area contributed by atoms with Crippen LogP contribution < -0.4 is 10.6 Å². The van der Waals surface area contributed by atoms with E-state index in [9.17, 15) is 13.2 Å². The molecule has 2 aliphatic rings. The Morgan fingerprint density at radius 3 is 2.55 bits per heavy atom. The van der Waals surface area contributed by atoms with Gasteiger partial charge < -0.3 is 10.6 Å². The first kappa shape index (κ1) is 23.6. The van der Waals surface area contributed by atoms with Crippen molar-refractivity contribution >= 4 is 27.6 Å². The predicted molar refractivity (Wildman–Crippen MR) is 125 cm³/mol. The van der Waals surface area contributed by atoms with Gasteiger partial charge in [-0.25, -0.2) is 9.18 Å². The molecular weight excluding hydrogens is 447 g/mol. The minimum Gasteiger partial charge on any atom is -0.306 e. The molecule has 3 heterocycles. The number of halogens is 1. The van der Waals surface area contributed by atoms with Gasteiger partial charge in [-0.3, -0.25) is 9.88 Å². The average molecular weight is 477 g/mol. The topological polar surface area (TPSA) is 97.9 Å². The minimum absolute atomic E-state index is 0.0665. The van der Waals surface area contributed by atoms with Crippen LogP contribution in [-0.4, -0.2) is 71.7 Å². The Morgan fingerprint density at radius 2 is 1.91 bits per heavy atom. The minimum atomic E-state index is -3.40. The number of aryl methyl sites for hydroxylation is 1. The van der Waals surface area contributed by atoms with Gasteiger partial charge in [-0.15, -0.1) is 0 Å². The summed E-state index contributed by atoms with van der Waals surface area (Å²) in [7, 11) is -3.40. The number of pyridine rings is 1. The molecule has 0 radical (unpaired) electrons. The first-order valence-electron chi connectivity index (χ1n) is 11.0. The summed E-state index contributed by atoms with van der Waals surface area (Å²) in [6, 6.07) is 7.74. The molecule has 11 heteroatoms. The zero-order chi connectivity index (χ0) is 23.6. The normalized spacial score (nSPS) is 20.3. The van der Waals surface area contributed by atoms with Crippen LogP contribution in [0.1, 0.15) is 24.6 Å². The maximum Gasteiger partial charge on any atom is 0.323 e. The van der Waals surface area contributed by atoms with Gasteiger partial charge in [0.2, 0.25) is 0 Å². The quantitative estimate of drug-likeness (QED) is 0.668. The molecule has 0 bridgehead atoms. The van der Waals surface area contributed by atoms with Gasteiger partial charge in [0.15, 0.2) is 5.82 Å². The predicted octanol–water partition coefficient (Wildman–Crippen LogP) is 2.63. The summed E-state index contributed by atoms with van der Waals surface area (Å²) in [6.45, 7) is 6.51. The molecule has 9 nitrogen and oxygen atoms in total. The number of aromatic nitrogens is 1. The smallest absolute Gasteiger partial charge is 0.306 e. The molecular formula is C22H29FN6O3S. The summed E-state index contributed by atoms with van der Waals surface area (Å²) < 4.78 is 43.5. The van der Waals surface area contributed by atoms with Crippen molar-refractivity contribution in [3.8, 4) is 0 Å². The molecule has 0 spiro atoms. The average Bonchev–Trinajstić information content (AvgIpc) is 2.72. The highest BCUT2D eigenvalue weighted by Gasteiger charge is 2.37. The third-order valence-corrected chi connectivity index (χ3v) is 8.07. The van der Waals surface area contributed by atoms with E-state index < -0.39 is 22.1 Å². The number of anilines is 2. The highest BCUT2D eigenvalue weighted by atomic mass is 32.2. The van der Waals surface area contributed by atoms with E-state index in [4.69, 9.17) is 0 Å². The fourth-order valence-electron chi connectivity index (χ4n) is 3.93. The highest BCUT2D eigenvalue weighted by Crippen LogP contribution is 2.24. The Morgan fingerprint density at radius 1 is 1.12 bits per heavy atom. The monoisotopic (exact) mass is 476 g/mol. The van der Waals surface area contributed by atoms with E-state index in [1.54, 1.807) is 24.3 Å². The number of nitrogens with one attached hydrogen (secondary N) is 2. The van der Waals surface area contributed by atoms with Gasteiger partial charge in [0.25, 0.3) is 10.2 Å². The van der Waals surface area contributed by atoms with E-state index in [-0.39, 0.29) is 11.7 Å². The SMILES string of the molecule is Cc1ccc(NC(=O)Nc2cccc(CN3CCN(S(=O)(=O)N4CCC4)CC3C)c2F)cn1. The van der Waals surface area contributed by atoms with Crippen LogP contribution in [-0.2, 0) is 16.8 Å². The fourth-order valence-corrected chi connectivity index (χ4v) is 5.69. The van der Waals surface area contributed by atoms with Crippen molar-refractivity contribution in [1.82, 2.24) is 18.5 Å². The lowest BCUT2D eigenvalue weighted by Crippen LogP contribution is -2.58. The van der Waals surface area contributed by atoms with Gasteiger partial charge in [-0.2, -0.15) is 17.0 Å². The zero-order valence-corrected chi connectivity index (χ0v) is 19.6. The second-order valence-electron chi connectivity index (χ2n) is 8.48. The molecule has 0 saturated carbocycles. The second-order valence-corrected chi connectivity index (χ2v) is 10.4. The standard InChI is InChI=1S/C22H29FN6O3S/c1-16-7-8-19(13-24-16)25-22(30)26-20-6-3-5-18(21(20)23)15-27-11-12-29(14-17(27)2)33(31,32)28-9-4-10-28/h3,5-8,13,17H,4,9-12,14-15H2,1-2H3,(H2,25,26,30). The Hall–Kier alpha value is -2.60. The van der Waals surface area contributed by atoms with Crippen LogP contribution in [0.2, 0.25) is 0 Å². The lowest BCUT2D eigenvalue weighted by atomic mass is 10.1. The molecule has 2 N–H and O–H groups in total. The van der Waals surface area contributed by atoms with Gasteiger partial charge in [0.1, 0.15) is 0 Å². The van der Waals surface area contributed by atoms with Gasteiger partial charge in [0.05, 0.1) is 17.6 Å². The Kier molecular flexibility index (Phi) is 6.94. The number of carbonyl (C=O) groups excluding carboxylic acids is 1. The maximum atomic E-state index is 15.1. The molecule has 1 aromatic carbocycles. The number of piperazine rings is 1. The molecule has 1 atom stereocenters. The summed E-state index contributed by atoms with van der Waals surface area (Å²) in [5, 5.41) is 5.18. The summed E-state index contributed by atoms with van der Waals surface area (Å²) in [6.07, 6.45) is 2.43. The Bertz CT molecular complexity index is 1110. The summed E-state index contributed by atoms with van der Waals surface area (Å²) in [5.41, 5.74) is 1.86. The Balaban J connectivity index is 1.37. The van der Waals surface area contributed by atoms with E-state index in [0.29, 0.717) is 50.5 Å². The van der Waals surface area contributed by atoms with E-state index in [1.807, 2.05) is 13.8 Å². The van der Waals surface area contributed by atoms with E-state index in [0.717, 1.165) is 12.1 Å². The molecule has 0 aliphatic carbocycles. The summed E-state index contributed by atoms with van der Waals surface area (Å²) >= 11 is 0. The van der Waals surface area contributed by atoms with Crippen LogP contribution in [0, 0.1) is 12.7 Å². The third-order valence-electron chi connectivity index (χ3n) is 6.06. The van der Waals surface area contributed by atoms with Crippen molar-refractivity contribution in [3.05, 3.63) is 53.6 Å². The first-order chi connectivity index (χ1) is 15.7. The number of rotatable bonds is 6. The van der Waals surface area contributed by atoms with Crippen LogP contribution in [0.4, 0.5) is 20.6 Å². The van der Waals surface area contributed by atoms with Crippen LogP contribution in [0.15, 0.2) is 36.5 Å². The van der Waals surface area contributed by atoms with Gasteiger partial charge in [0, 0.05) is 56.6 Å². The fraction of sp³-hybridized carbons (Fsp3) is 0.455. The van der Waals surface area contributed by atoms with Crippen molar-refractivity contribution in [1.29, 1.82) is 0 Å². The molecule has 33 heavy (non-hydrogen) atoms. The Labute approximate surface area is 193 Å². The maximum absolute atomic E-state index is 15.1. The van der Waals surface area contributed by atoms with E-state index >= 15 is 4.39 Å². The molecule has 1 unspecified atom stereocenters. The summed E-state index contributed by atoms with van der Waals surface area (Å²) in [5.74, 6) is -0.502. The van der Waals surface area contributed by atoms with Crippen LogP contribution in [0.5, 0.6) is 0 Å². The molecule has 178 valence electrons. The lowest BCUT2D eigenvalue weighted by molar-refractivity contribution is 0.114. The van der Waals surface area contributed by atoms with Crippen molar-refractivity contribution < 1.29 is 17.6 Å². The molecule has 2 aliphatic heterocycles. The van der Waals surface area contributed by atoms with Crippen molar-refractivity contribution in [2.45, 2.75) is 32.9 Å². The molecule has 2 aromatic rings. The van der Waals surface area contributed by atoms with E-state index in [1.165, 1.54) is 20.9 Å². The largest absolute Gasteiger partial charge is 0.323 e. The lowest BCUT2D eigenvalue weighted by Gasteiger charge is -2.42. The number of nitrogens with zero attached hydrogens (tertiary/aromatic N) is 4. The number of carbonyl (C=O) groups is 1. The third kappa shape index (κ3) is 5.32. The van der Waals surface area contributed by atoms with Crippen LogP contribution >= 0.6 is 0 Å². The molecule has 1 aromatic heterocycles. The number of benzene rings is 1. The highest BCUT2D eigenvalue weighted by molar-refractivity contribution is 7.86. The number of hydrogen-bond donors (Lipinski definition) is 2. The summed E-state index contributed by atoms with van der Waals surface area (Å²) in [4.78, 5) is 18.5. The van der Waals surface area contributed by atoms with Gasteiger partial charge >= 0.3 is 6.03 Å². The van der Waals surface area contributed by atoms with Crippen LogP contribution in [0.25, 0.3) is 0 Å².